The Morgan fingerprint density at radius 2 is 0.677 bits per heavy atom. The molecule has 0 aliphatic heterocycles. The highest BCUT2D eigenvalue weighted by Gasteiger charge is 2.20. The van der Waals surface area contributed by atoms with E-state index in [1.54, 1.807) is 6.33 Å². The van der Waals surface area contributed by atoms with Gasteiger partial charge >= 0.3 is 0 Å². The maximum absolute atomic E-state index is 5.09. The van der Waals surface area contributed by atoms with Crippen molar-refractivity contribution in [2.24, 2.45) is 0 Å². The Morgan fingerprint density at radius 1 is 0.262 bits per heavy atom. The van der Waals surface area contributed by atoms with E-state index in [-0.39, 0.29) is 0 Å². The van der Waals surface area contributed by atoms with Gasteiger partial charge in [0.25, 0.3) is 0 Å². The summed E-state index contributed by atoms with van der Waals surface area (Å²) in [4.78, 5) is 10.1. The molecule has 0 aliphatic rings. The minimum absolute atomic E-state index is 0.893. The average Bonchev–Trinajstić information content (AvgIpc) is 4.02. The van der Waals surface area contributed by atoms with Gasteiger partial charge in [-0.3, -0.25) is 0 Å². The van der Waals surface area contributed by atoms with Crippen LogP contribution in [0.25, 0.3) is 127 Å². The van der Waals surface area contributed by atoms with Crippen LogP contribution in [0.1, 0.15) is 0 Å². The Hall–Kier alpha value is -8.80. The standard InChI is InChI=1S/C60H37N5/c1-7-22-53-46(16-1)47-17-2-8-23-54(47)63(53)42-15-13-14-38(33-42)39-28-30-45-40(32-39)29-31-52-59(61-37-62-60(45)52)41-34-43(64-55-24-9-3-18-48(55)49-19-4-10-25-56(49)64)36-44(35-41)65-57-26-11-5-20-50(57)51-21-6-12-27-58(51)65/h1-37H. The summed E-state index contributed by atoms with van der Waals surface area (Å²) in [6.45, 7) is 0. The fourth-order valence-corrected chi connectivity index (χ4v) is 10.7. The summed E-state index contributed by atoms with van der Waals surface area (Å²) >= 11 is 0. The fourth-order valence-electron chi connectivity index (χ4n) is 10.7. The van der Waals surface area contributed by atoms with Crippen molar-refractivity contribution in [2.75, 3.05) is 0 Å². The quantitative estimate of drug-likeness (QED) is 0.162. The molecule has 0 fully saturated rings. The van der Waals surface area contributed by atoms with E-state index in [2.05, 4.69) is 232 Å². The van der Waals surface area contributed by atoms with Crippen LogP contribution >= 0.6 is 0 Å². The van der Waals surface area contributed by atoms with Crippen LogP contribution in [0.4, 0.5) is 0 Å². The third-order valence-electron chi connectivity index (χ3n) is 13.5. The van der Waals surface area contributed by atoms with Gasteiger partial charge in [0.05, 0.1) is 44.3 Å². The number of rotatable bonds is 5. The molecular formula is C60H37N5. The van der Waals surface area contributed by atoms with Crippen molar-refractivity contribution in [1.29, 1.82) is 0 Å². The Balaban J connectivity index is 0.952. The summed E-state index contributed by atoms with van der Waals surface area (Å²) in [6, 6.07) is 79.2. The molecule has 4 aromatic heterocycles. The summed E-state index contributed by atoms with van der Waals surface area (Å²) in [6.07, 6.45) is 1.73. The van der Waals surface area contributed by atoms with Gasteiger partial charge in [0.2, 0.25) is 0 Å². The lowest BCUT2D eigenvalue weighted by atomic mass is 9.97. The molecule has 0 bridgehead atoms. The van der Waals surface area contributed by atoms with Gasteiger partial charge in [-0.1, -0.05) is 140 Å². The molecule has 302 valence electrons. The molecule has 4 heterocycles. The van der Waals surface area contributed by atoms with E-state index < -0.39 is 0 Å². The molecule has 0 saturated heterocycles. The maximum Gasteiger partial charge on any atom is 0.116 e. The maximum atomic E-state index is 5.09. The van der Waals surface area contributed by atoms with Crippen molar-refractivity contribution < 1.29 is 0 Å². The number of aromatic nitrogens is 5. The Bertz CT molecular complexity index is 3970. The first-order valence-corrected chi connectivity index (χ1v) is 22.1. The predicted molar refractivity (Wildman–Crippen MR) is 271 cm³/mol. The van der Waals surface area contributed by atoms with Crippen LogP contribution in [0.3, 0.4) is 0 Å². The van der Waals surface area contributed by atoms with E-state index in [1.165, 1.54) is 43.4 Å². The molecule has 0 saturated carbocycles. The number of hydrogen-bond donors (Lipinski definition) is 0. The van der Waals surface area contributed by atoms with E-state index in [0.29, 0.717) is 0 Å². The Morgan fingerprint density at radius 3 is 1.17 bits per heavy atom. The fraction of sp³-hybridized carbons (Fsp3) is 0. The lowest BCUT2D eigenvalue weighted by molar-refractivity contribution is 1.13. The van der Waals surface area contributed by atoms with Gasteiger partial charge in [0.1, 0.15) is 6.33 Å². The monoisotopic (exact) mass is 827 g/mol. The van der Waals surface area contributed by atoms with Gasteiger partial charge in [-0.05, 0) is 95.4 Å². The summed E-state index contributed by atoms with van der Waals surface area (Å²) in [7, 11) is 0. The molecule has 0 atom stereocenters. The van der Waals surface area contributed by atoms with Gasteiger partial charge in [-0.2, -0.15) is 0 Å². The van der Waals surface area contributed by atoms with Crippen molar-refractivity contribution in [2.45, 2.75) is 0 Å². The number of benzene rings is 10. The van der Waals surface area contributed by atoms with Crippen molar-refractivity contribution in [3.05, 3.63) is 225 Å². The second-order valence-corrected chi connectivity index (χ2v) is 17.0. The Kier molecular flexibility index (Phi) is 7.62. The molecule has 5 nitrogen and oxygen atoms in total. The molecule has 0 unspecified atom stereocenters. The van der Waals surface area contributed by atoms with Crippen LogP contribution in [0, 0.1) is 0 Å². The lowest BCUT2D eigenvalue weighted by Crippen LogP contribution is -2.01. The smallest absolute Gasteiger partial charge is 0.116 e. The first-order chi connectivity index (χ1) is 32.2. The summed E-state index contributed by atoms with van der Waals surface area (Å²) < 4.78 is 7.19. The van der Waals surface area contributed by atoms with Gasteiger partial charge < -0.3 is 13.7 Å². The van der Waals surface area contributed by atoms with Gasteiger partial charge in [0, 0.05) is 65.7 Å². The van der Waals surface area contributed by atoms with Crippen molar-refractivity contribution in [1.82, 2.24) is 23.7 Å². The number of nitrogens with zero attached hydrogens (tertiary/aromatic N) is 5. The molecule has 0 N–H and O–H groups in total. The topological polar surface area (TPSA) is 40.6 Å². The zero-order valence-corrected chi connectivity index (χ0v) is 35.1. The van der Waals surface area contributed by atoms with Crippen molar-refractivity contribution >= 4 is 87.1 Å². The second-order valence-electron chi connectivity index (χ2n) is 17.0. The molecule has 65 heavy (non-hydrogen) atoms. The van der Waals surface area contributed by atoms with E-state index in [1.807, 2.05) is 0 Å². The van der Waals surface area contributed by atoms with E-state index in [4.69, 9.17) is 9.97 Å². The molecule has 10 aromatic carbocycles. The molecule has 14 rings (SSSR count). The van der Waals surface area contributed by atoms with E-state index in [0.717, 1.165) is 83.2 Å². The molecule has 0 aliphatic carbocycles. The zero-order chi connectivity index (χ0) is 42.6. The largest absolute Gasteiger partial charge is 0.309 e. The third kappa shape index (κ3) is 5.33. The average molecular weight is 828 g/mol. The van der Waals surface area contributed by atoms with Crippen LogP contribution in [0.15, 0.2) is 225 Å². The van der Waals surface area contributed by atoms with Crippen LogP contribution in [-0.4, -0.2) is 23.7 Å². The zero-order valence-electron chi connectivity index (χ0n) is 35.1. The van der Waals surface area contributed by atoms with Gasteiger partial charge in [-0.25, -0.2) is 9.97 Å². The van der Waals surface area contributed by atoms with Crippen molar-refractivity contribution in [3.8, 4) is 39.4 Å². The first kappa shape index (κ1) is 35.8. The van der Waals surface area contributed by atoms with Crippen LogP contribution < -0.4 is 0 Å². The highest BCUT2D eigenvalue weighted by atomic mass is 15.0. The summed E-state index contributed by atoms with van der Waals surface area (Å²) in [5, 5.41) is 10.7. The Labute approximate surface area is 373 Å². The second kappa shape index (κ2) is 13.9. The van der Waals surface area contributed by atoms with Crippen molar-refractivity contribution in [3.63, 3.8) is 0 Å². The first-order valence-electron chi connectivity index (χ1n) is 22.1. The van der Waals surface area contributed by atoms with Gasteiger partial charge in [0.15, 0.2) is 0 Å². The molecule has 14 aromatic rings. The number of hydrogen-bond acceptors (Lipinski definition) is 2. The van der Waals surface area contributed by atoms with E-state index in [9.17, 15) is 0 Å². The van der Waals surface area contributed by atoms with Crippen LogP contribution in [0.2, 0.25) is 0 Å². The van der Waals surface area contributed by atoms with Gasteiger partial charge in [-0.15, -0.1) is 0 Å². The minimum atomic E-state index is 0.893. The molecule has 5 heteroatoms. The number of para-hydroxylation sites is 6. The van der Waals surface area contributed by atoms with Crippen LogP contribution in [-0.2, 0) is 0 Å². The molecule has 0 amide bonds. The lowest BCUT2D eigenvalue weighted by Gasteiger charge is -2.16. The SMILES string of the molecule is c1cc(-c2ccc3c(ccc4c(-c5cc(-n6c7ccccc7c7ccccc76)cc(-n6c7ccccc7c7ccccc76)c5)ncnc43)c2)cc(-n2c3ccccc3c3ccccc32)c1. The summed E-state index contributed by atoms with van der Waals surface area (Å²) in [5.41, 5.74) is 15.5. The number of fused-ring (bicyclic) bond motifs is 12. The third-order valence-corrected chi connectivity index (χ3v) is 13.5. The predicted octanol–water partition coefficient (Wildman–Crippen LogP) is 15.4. The van der Waals surface area contributed by atoms with E-state index >= 15 is 0 Å². The molecule has 0 radical (unpaired) electrons. The summed E-state index contributed by atoms with van der Waals surface area (Å²) in [5.74, 6) is 0. The highest BCUT2D eigenvalue weighted by Crippen LogP contribution is 2.40. The molecule has 0 spiro atoms. The minimum Gasteiger partial charge on any atom is -0.309 e. The molecular weight excluding hydrogens is 791 g/mol. The highest BCUT2D eigenvalue weighted by molar-refractivity contribution is 6.13. The normalized spacial score (nSPS) is 12.0. The van der Waals surface area contributed by atoms with Crippen LogP contribution in [0.5, 0.6) is 0 Å².